The number of hydrogen-bond acceptors (Lipinski definition) is 4. The third kappa shape index (κ3) is 3.87. The number of amides is 1. The van der Waals surface area contributed by atoms with E-state index in [4.69, 9.17) is 5.73 Å². The summed E-state index contributed by atoms with van der Waals surface area (Å²) in [5.74, 6) is -1.02. The number of nitrogen functional groups attached to an aromatic ring is 1. The van der Waals surface area contributed by atoms with Crippen LogP contribution in [0.15, 0.2) is 36.7 Å². The van der Waals surface area contributed by atoms with Gasteiger partial charge in [0.05, 0.1) is 6.20 Å². The van der Waals surface area contributed by atoms with Gasteiger partial charge in [0.1, 0.15) is 28.7 Å². The molecule has 31 heavy (non-hydrogen) atoms. The van der Waals surface area contributed by atoms with E-state index >= 15 is 0 Å². The van der Waals surface area contributed by atoms with Crippen LogP contribution in [0.4, 0.5) is 23.4 Å². The van der Waals surface area contributed by atoms with Gasteiger partial charge >= 0.3 is 6.18 Å². The second kappa shape index (κ2) is 7.71. The maximum absolute atomic E-state index is 14.1. The summed E-state index contributed by atoms with van der Waals surface area (Å²) in [6.45, 7) is 0.626. The number of aromatic nitrogens is 4. The highest BCUT2D eigenvalue weighted by molar-refractivity contribution is 5.98. The topological polar surface area (TPSA) is 82.0 Å². The summed E-state index contributed by atoms with van der Waals surface area (Å²) >= 11 is 0. The largest absolute Gasteiger partial charge is 0.434 e. The van der Waals surface area contributed by atoms with Crippen molar-refractivity contribution in [3.05, 3.63) is 59.6 Å². The van der Waals surface area contributed by atoms with Crippen LogP contribution in [0.5, 0.6) is 0 Å². The Morgan fingerprint density at radius 2 is 2.00 bits per heavy atom. The number of para-hydroxylation sites is 1. The van der Waals surface area contributed by atoms with Crippen molar-refractivity contribution >= 4 is 11.7 Å². The van der Waals surface area contributed by atoms with Crippen molar-refractivity contribution < 1.29 is 22.4 Å². The number of piperidine rings is 1. The number of imidazole rings is 1. The van der Waals surface area contributed by atoms with E-state index in [2.05, 4.69) is 10.1 Å². The van der Waals surface area contributed by atoms with Crippen molar-refractivity contribution in [2.45, 2.75) is 24.9 Å². The lowest BCUT2D eigenvalue weighted by molar-refractivity contribution is -0.141. The number of likely N-dealkylation sites (tertiary alicyclic amines) is 1. The van der Waals surface area contributed by atoms with Crippen LogP contribution in [0.1, 0.15) is 40.6 Å². The predicted octanol–water partition coefficient (Wildman–Crippen LogP) is 3.37. The van der Waals surface area contributed by atoms with Crippen LogP contribution in [-0.2, 0) is 13.2 Å². The van der Waals surface area contributed by atoms with Gasteiger partial charge in [-0.3, -0.25) is 4.79 Å². The van der Waals surface area contributed by atoms with Crippen LogP contribution in [0.3, 0.4) is 0 Å². The molecule has 1 atom stereocenters. The van der Waals surface area contributed by atoms with E-state index < -0.39 is 23.6 Å². The van der Waals surface area contributed by atoms with Gasteiger partial charge in [0, 0.05) is 32.3 Å². The number of anilines is 1. The number of nitrogens with zero attached hydrogens (tertiary/aromatic N) is 5. The summed E-state index contributed by atoms with van der Waals surface area (Å²) in [6, 6.07) is 5.90. The van der Waals surface area contributed by atoms with Gasteiger partial charge in [-0.1, -0.05) is 12.1 Å². The van der Waals surface area contributed by atoms with Gasteiger partial charge < -0.3 is 15.2 Å². The van der Waals surface area contributed by atoms with Crippen molar-refractivity contribution in [2.75, 3.05) is 18.8 Å². The number of aryl methyl sites for hydroxylation is 1. The van der Waals surface area contributed by atoms with Crippen molar-refractivity contribution in [2.24, 2.45) is 7.05 Å². The van der Waals surface area contributed by atoms with Crippen LogP contribution < -0.4 is 5.73 Å². The molecule has 164 valence electrons. The number of nitrogens with two attached hydrogens (primary N) is 1. The molecule has 2 aromatic heterocycles. The molecule has 0 saturated carbocycles. The van der Waals surface area contributed by atoms with Gasteiger partial charge in [-0.05, 0) is 25.0 Å². The summed E-state index contributed by atoms with van der Waals surface area (Å²) in [7, 11) is 1.51. The first-order valence-electron chi connectivity index (χ1n) is 9.65. The Hall–Kier alpha value is -3.37. The number of carbonyl (C=O) groups excluding carboxylic acids is 1. The summed E-state index contributed by atoms with van der Waals surface area (Å²) in [5.41, 5.74) is 5.35. The standard InChI is InChI=1S/C20H20F4N6O/c1-28-11-16(20(22,23)24)27-18(28)12-5-4-8-29(10-12)19(31)13-9-26-30(17(13)25)15-7-3-2-6-14(15)21/h2-3,6-7,9,11-12H,4-5,8,10,25H2,1H3. The molecule has 0 aliphatic carbocycles. The minimum Gasteiger partial charge on any atom is -0.383 e. The highest BCUT2D eigenvalue weighted by Gasteiger charge is 2.36. The number of rotatable bonds is 3. The van der Waals surface area contributed by atoms with Crippen molar-refractivity contribution in [3.8, 4) is 5.69 Å². The third-order valence-electron chi connectivity index (χ3n) is 5.39. The molecule has 3 heterocycles. The zero-order valence-corrected chi connectivity index (χ0v) is 16.6. The second-order valence-corrected chi connectivity index (χ2v) is 7.49. The quantitative estimate of drug-likeness (QED) is 0.639. The van der Waals surface area contributed by atoms with E-state index in [1.165, 1.54) is 40.9 Å². The lowest BCUT2D eigenvalue weighted by Crippen LogP contribution is -2.39. The van der Waals surface area contributed by atoms with E-state index in [-0.39, 0.29) is 35.4 Å². The van der Waals surface area contributed by atoms with Crippen LogP contribution in [0.2, 0.25) is 0 Å². The van der Waals surface area contributed by atoms with Gasteiger partial charge in [-0.25, -0.2) is 14.1 Å². The van der Waals surface area contributed by atoms with E-state index in [1.807, 2.05) is 0 Å². The number of benzene rings is 1. The second-order valence-electron chi connectivity index (χ2n) is 7.49. The monoisotopic (exact) mass is 436 g/mol. The molecule has 7 nitrogen and oxygen atoms in total. The number of halogens is 4. The average molecular weight is 436 g/mol. The fraction of sp³-hybridized carbons (Fsp3) is 0.350. The van der Waals surface area contributed by atoms with E-state index in [9.17, 15) is 22.4 Å². The van der Waals surface area contributed by atoms with Gasteiger partial charge in [0.15, 0.2) is 5.69 Å². The molecule has 3 aromatic rings. The summed E-state index contributed by atoms with van der Waals surface area (Å²) in [4.78, 5) is 18.4. The van der Waals surface area contributed by atoms with E-state index in [1.54, 1.807) is 6.07 Å². The predicted molar refractivity (Wildman–Crippen MR) is 104 cm³/mol. The lowest BCUT2D eigenvalue weighted by Gasteiger charge is -2.32. The molecule has 1 saturated heterocycles. The van der Waals surface area contributed by atoms with Gasteiger partial charge in [0.25, 0.3) is 5.91 Å². The van der Waals surface area contributed by atoms with Crippen molar-refractivity contribution in [3.63, 3.8) is 0 Å². The fourth-order valence-corrected chi connectivity index (χ4v) is 3.88. The Bertz CT molecular complexity index is 1120. The first-order valence-corrected chi connectivity index (χ1v) is 9.65. The van der Waals surface area contributed by atoms with Crippen molar-refractivity contribution in [1.29, 1.82) is 0 Å². The third-order valence-corrected chi connectivity index (χ3v) is 5.39. The molecule has 0 radical (unpaired) electrons. The number of alkyl halides is 3. The van der Waals surface area contributed by atoms with Gasteiger partial charge in [0.2, 0.25) is 0 Å². The number of hydrogen-bond donors (Lipinski definition) is 1. The normalized spacial score (nSPS) is 17.2. The summed E-state index contributed by atoms with van der Waals surface area (Å²) < 4.78 is 55.6. The SMILES string of the molecule is Cn1cc(C(F)(F)F)nc1C1CCCN(C(=O)c2cnn(-c3ccccc3F)c2N)C1. The van der Waals surface area contributed by atoms with E-state index in [0.717, 1.165) is 10.9 Å². The summed E-state index contributed by atoms with van der Waals surface area (Å²) in [5, 5.41) is 4.05. The molecule has 1 fully saturated rings. The first-order chi connectivity index (χ1) is 14.7. The molecular weight excluding hydrogens is 416 g/mol. The maximum Gasteiger partial charge on any atom is 0.434 e. The highest BCUT2D eigenvalue weighted by Crippen LogP contribution is 2.33. The van der Waals surface area contributed by atoms with Crippen LogP contribution >= 0.6 is 0 Å². The highest BCUT2D eigenvalue weighted by atomic mass is 19.4. The average Bonchev–Trinajstić information content (AvgIpc) is 3.31. The molecule has 4 rings (SSSR count). The molecule has 2 N–H and O–H groups in total. The molecule has 1 unspecified atom stereocenters. The van der Waals surface area contributed by atoms with Gasteiger partial charge in [-0.15, -0.1) is 0 Å². The van der Waals surface area contributed by atoms with Crippen LogP contribution in [-0.4, -0.2) is 43.2 Å². The molecule has 0 spiro atoms. The molecule has 1 aliphatic rings. The molecule has 1 aromatic carbocycles. The lowest BCUT2D eigenvalue weighted by atomic mass is 9.96. The number of carbonyl (C=O) groups is 1. The van der Waals surface area contributed by atoms with Crippen molar-refractivity contribution in [1.82, 2.24) is 24.2 Å². The van der Waals surface area contributed by atoms with E-state index in [0.29, 0.717) is 19.4 Å². The molecule has 0 bridgehead atoms. The Labute approximate surface area is 175 Å². The maximum atomic E-state index is 14.1. The van der Waals surface area contributed by atoms with Gasteiger partial charge in [-0.2, -0.15) is 18.3 Å². The van der Waals surface area contributed by atoms with Crippen LogP contribution in [0.25, 0.3) is 5.69 Å². The summed E-state index contributed by atoms with van der Waals surface area (Å²) in [6.07, 6.45) is -1.10. The zero-order chi connectivity index (χ0) is 22.3. The fourth-order valence-electron chi connectivity index (χ4n) is 3.88. The zero-order valence-electron chi connectivity index (χ0n) is 16.6. The Balaban J connectivity index is 1.57. The van der Waals surface area contributed by atoms with Crippen LogP contribution in [0, 0.1) is 5.82 Å². The smallest absolute Gasteiger partial charge is 0.383 e. The first kappa shape index (κ1) is 20.9. The molecule has 1 aliphatic heterocycles. The Morgan fingerprint density at radius 1 is 1.26 bits per heavy atom. The Morgan fingerprint density at radius 3 is 2.68 bits per heavy atom. The molecule has 1 amide bonds. The Kier molecular flexibility index (Phi) is 5.19. The minimum absolute atomic E-state index is 0.00595. The molecular formula is C20H20F4N6O. The minimum atomic E-state index is -4.53. The molecule has 11 heteroatoms.